The van der Waals surface area contributed by atoms with Crippen LogP contribution in [0.1, 0.15) is 35.9 Å². The lowest BCUT2D eigenvalue weighted by Gasteiger charge is -2.05. The molecule has 2 aromatic heterocycles. The molecule has 1 N–H and O–H groups in total. The van der Waals surface area contributed by atoms with Gasteiger partial charge in [0.2, 0.25) is 0 Å². The molecule has 3 aromatic rings. The van der Waals surface area contributed by atoms with Gasteiger partial charge in [-0.25, -0.2) is 9.97 Å². The Labute approximate surface area is 137 Å². The van der Waals surface area contributed by atoms with E-state index in [-0.39, 0.29) is 11.6 Å². The lowest BCUT2D eigenvalue weighted by molar-refractivity contribution is 0.102. The van der Waals surface area contributed by atoms with Crippen molar-refractivity contribution in [1.82, 2.24) is 9.97 Å². The van der Waals surface area contributed by atoms with Gasteiger partial charge in [-0.05, 0) is 17.4 Å². The largest absolute Gasteiger partial charge is 0.296 e. The molecule has 0 fully saturated rings. The Kier molecular flexibility index (Phi) is 4.09. The Morgan fingerprint density at radius 1 is 1.27 bits per heavy atom. The van der Waals surface area contributed by atoms with E-state index in [1.54, 1.807) is 6.07 Å². The van der Waals surface area contributed by atoms with E-state index >= 15 is 0 Å². The molecule has 112 valence electrons. The van der Waals surface area contributed by atoms with Gasteiger partial charge in [-0.1, -0.05) is 49.7 Å². The van der Waals surface area contributed by atoms with E-state index in [9.17, 15) is 4.79 Å². The molecule has 0 radical (unpaired) electrons. The number of nitrogens with one attached hydrogen (secondary N) is 1. The zero-order valence-corrected chi connectivity index (χ0v) is 13.7. The van der Waals surface area contributed by atoms with Crippen molar-refractivity contribution in [3.05, 3.63) is 52.3 Å². The predicted octanol–water partition coefficient (Wildman–Crippen LogP) is 4.72. The van der Waals surface area contributed by atoms with E-state index < -0.39 is 0 Å². The van der Waals surface area contributed by atoms with Gasteiger partial charge in [-0.2, -0.15) is 0 Å². The lowest BCUT2D eigenvalue weighted by Crippen LogP contribution is -2.13. The number of hydrogen-bond donors (Lipinski definition) is 1. The van der Waals surface area contributed by atoms with E-state index in [2.05, 4.69) is 29.1 Å². The summed E-state index contributed by atoms with van der Waals surface area (Å²) in [6.45, 7) is 4.12. The number of anilines is 1. The zero-order chi connectivity index (χ0) is 15.7. The van der Waals surface area contributed by atoms with Crippen LogP contribution < -0.4 is 5.32 Å². The topological polar surface area (TPSA) is 54.9 Å². The molecule has 0 aliphatic rings. The molecule has 6 heteroatoms. The highest BCUT2D eigenvalue weighted by atomic mass is 35.5. The number of benzene rings is 1. The maximum atomic E-state index is 12.3. The third-order valence-corrected chi connectivity index (χ3v) is 4.32. The fourth-order valence-corrected chi connectivity index (χ4v) is 3.17. The summed E-state index contributed by atoms with van der Waals surface area (Å²) in [5, 5.41) is 7.33. The number of hydrogen-bond acceptors (Lipinski definition) is 4. The molecule has 1 aromatic carbocycles. The maximum absolute atomic E-state index is 12.3. The van der Waals surface area contributed by atoms with Crippen molar-refractivity contribution in [1.29, 1.82) is 0 Å². The minimum Gasteiger partial charge on any atom is -0.296 e. The number of aromatic nitrogens is 2. The van der Waals surface area contributed by atoms with Gasteiger partial charge in [-0.3, -0.25) is 10.1 Å². The highest BCUT2D eigenvalue weighted by molar-refractivity contribution is 7.14. The van der Waals surface area contributed by atoms with Crippen LogP contribution in [-0.4, -0.2) is 15.9 Å². The van der Waals surface area contributed by atoms with Gasteiger partial charge in [0.15, 0.2) is 5.13 Å². The molecule has 4 nitrogen and oxygen atoms in total. The van der Waals surface area contributed by atoms with Crippen LogP contribution in [0.25, 0.3) is 10.8 Å². The summed E-state index contributed by atoms with van der Waals surface area (Å²) in [7, 11) is 0. The average Bonchev–Trinajstić information content (AvgIpc) is 2.96. The van der Waals surface area contributed by atoms with Crippen LogP contribution in [0.4, 0.5) is 5.13 Å². The van der Waals surface area contributed by atoms with Gasteiger partial charge in [0.25, 0.3) is 5.91 Å². The van der Waals surface area contributed by atoms with Gasteiger partial charge in [0.1, 0.15) is 10.8 Å². The summed E-state index contributed by atoms with van der Waals surface area (Å²) in [5.41, 5.74) is 1.25. The van der Waals surface area contributed by atoms with Crippen LogP contribution in [0, 0.1) is 0 Å². The first-order valence-electron chi connectivity index (χ1n) is 6.86. The SMILES string of the molecule is CC(C)c1csc(NC(=O)c2cc3ccccc3c(Cl)n2)n1. The summed E-state index contributed by atoms with van der Waals surface area (Å²) in [6, 6.07) is 9.30. The molecule has 3 rings (SSSR count). The summed E-state index contributed by atoms with van der Waals surface area (Å²) in [4.78, 5) is 20.9. The van der Waals surface area contributed by atoms with Crippen LogP contribution in [0.2, 0.25) is 5.15 Å². The zero-order valence-electron chi connectivity index (χ0n) is 12.1. The van der Waals surface area contributed by atoms with Crippen molar-refractivity contribution in [2.45, 2.75) is 19.8 Å². The van der Waals surface area contributed by atoms with Crippen LogP contribution in [0.15, 0.2) is 35.7 Å². The number of carbonyl (C=O) groups is 1. The number of fused-ring (bicyclic) bond motifs is 1. The van der Waals surface area contributed by atoms with Crippen molar-refractivity contribution >= 4 is 44.7 Å². The van der Waals surface area contributed by atoms with E-state index in [4.69, 9.17) is 11.6 Å². The smallest absolute Gasteiger partial charge is 0.276 e. The van der Waals surface area contributed by atoms with Crippen molar-refractivity contribution in [2.75, 3.05) is 5.32 Å². The number of carbonyl (C=O) groups excluding carboxylic acids is 1. The first-order valence-corrected chi connectivity index (χ1v) is 8.12. The number of thiazole rings is 1. The van der Waals surface area contributed by atoms with Crippen molar-refractivity contribution in [2.24, 2.45) is 0 Å². The highest BCUT2D eigenvalue weighted by Crippen LogP contribution is 2.24. The number of halogens is 1. The second-order valence-corrected chi connectivity index (χ2v) is 6.42. The Bertz CT molecular complexity index is 844. The Hall–Kier alpha value is -1.98. The van der Waals surface area contributed by atoms with Gasteiger partial charge in [0, 0.05) is 10.8 Å². The molecule has 22 heavy (non-hydrogen) atoms. The molecule has 0 atom stereocenters. The molecule has 0 spiro atoms. The Balaban J connectivity index is 1.88. The fraction of sp³-hybridized carbons (Fsp3) is 0.188. The summed E-state index contributed by atoms with van der Waals surface area (Å²) in [5.74, 6) is 0.0208. The van der Waals surface area contributed by atoms with E-state index in [0.29, 0.717) is 16.2 Å². The number of amides is 1. The first-order chi connectivity index (χ1) is 10.5. The third kappa shape index (κ3) is 2.96. The first kappa shape index (κ1) is 14.9. The van der Waals surface area contributed by atoms with Crippen LogP contribution >= 0.6 is 22.9 Å². The molecule has 2 heterocycles. The van der Waals surface area contributed by atoms with Crippen LogP contribution in [0.5, 0.6) is 0 Å². The number of nitrogens with zero attached hydrogens (tertiary/aromatic N) is 2. The molecule has 0 aliphatic heterocycles. The Morgan fingerprint density at radius 3 is 2.77 bits per heavy atom. The Morgan fingerprint density at radius 2 is 2.05 bits per heavy atom. The molecule has 0 saturated carbocycles. The van der Waals surface area contributed by atoms with Crippen LogP contribution in [0.3, 0.4) is 0 Å². The predicted molar refractivity (Wildman–Crippen MR) is 90.9 cm³/mol. The van der Waals surface area contributed by atoms with Gasteiger partial charge >= 0.3 is 0 Å². The monoisotopic (exact) mass is 331 g/mol. The fourth-order valence-electron chi connectivity index (χ4n) is 2.04. The molecular formula is C16H14ClN3OS. The molecule has 0 unspecified atom stereocenters. The van der Waals surface area contributed by atoms with Gasteiger partial charge < -0.3 is 0 Å². The second kappa shape index (κ2) is 6.02. The maximum Gasteiger partial charge on any atom is 0.276 e. The minimum atomic E-state index is -0.308. The second-order valence-electron chi connectivity index (χ2n) is 5.21. The molecule has 0 bridgehead atoms. The number of rotatable bonds is 3. The summed E-state index contributed by atoms with van der Waals surface area (Å²) in [6.07, 6.45) is 0. The summed E-state index contributed by atoms with van der Waals surface area (Å²) < 4.78 is 0. The number of pyridine rings is 1. The minimum absolute atomic E-state index is 0.282. The molecular weight excluding hydrogens is 318 g/mol. The lowest BCUT2D eigenvalue weighted by atomic mass is 10.1. The molecule has 0 saturated heterocycles. The van der Waals surface area contributed by atoms with Gasteiger partial charge in [-0.15, -0.1) is 11.3 Å². The highest BCUT2D eigenvalue weighted by Gasteiger charge is 2.14. The molecule has 1 amide bonds. The average molecular weight is 332 g/mol. The van der Waals surface area contributed by atoms with Gasteiger partial charge in [0.05, 0.1) is 5.69 Å². The van der Waals surface area contributed by atoms with E-state index in [1.807, 2.05) is 29.6 Å². The normalized spacial score (nSPS) is 11.1. The summed E-state index contributed by atoms with van der Waals surface area (Å²) >= 11 is 7.56. The molecule has 0 aliphatic carbocycles. The van der Waals surface area contributed by atoms with Crippen molar-refractivity contribution in [3.8, 4) is 0 Å². The van der Waals surface area contributed by atoms with E-state index in [0.717, 1.165) is 16.5 Å². The van der Waals surface area contributed by atoms with Crippen LogP contribution in [-0.2, 0) is 0 Å². The quantitative estimate of drug-likeness (QED) is 0.706. The van der Waals surface area contributed by atoms with E-state index in [1.165, 1.54) is 11.3 Å². The van der Waals surface area contributed by atoms with Crippen molar-refractivity contribution in [3.63, 3.8) is 0 Å². The third-order valence-electron chi connectivity index (χ3n) is 3.26. The van der Waals surface area contributed by atoms with Crippen molar-refractivity contribution < 1.29 is 4.79 Å². The standard InChI is InChI=1S/C16H14ClN3OS/c1-9(2)13-8-22-16(19-13)20-15(21)12-7-10-5-3-4-6-11(10)14(17)18-12/h3-9H,1-2H3,(H,19,20,21).